The molecule has 0 aliphatic carbocycles. The van der Waals surface area contributed by atoms with Crippen molar-refractivity contribution in [2.45, 2.75) is 161 Å². The van der Waals surface area contributed by atoms with Crippen molar-refractivity contribution in [1.29, 1.82) is 0 Å². The molecule has 0 spiro atoms. The zero-order valence-corrected chi connectivity index (χ0v) is 56.3. The van der Waals surface area contributed by atoms with Crippen molar-refractivity contribution in [3.8, 4) is 29.3 Å². The van der Waals surface area contributed by atoms with Crippen LogP contribution in [0.4, 0.5) is 34.6 Å². The standard InChI is InChI=1S/C61H81N17O13S2/c1-14-19-24-87-53(79)37-29-38(54(80)88-25-20-15-2)32-41(31-37)75-51(43(35-64-75)92(12,83)84)71-69-45-47(60(6,7)8)73-77(49(45)62)57-66-58(68-59(67-57)91-28-23-18-5)78-50(63)46(48(74-78)61(9,10)11)70-72-52-44(93(13,85)86)36-65-76(52)42-33-39(55(81)89-26-21-16-3)30-40(34-42)56(82)90-27-22-17-4/h29-36H,14-28,62-63H2,1-13H3. The third kappa shape index (κ3) is 17.4. The molecule has 30 nitrogen and oxygen atoms in total. The Labute approximate surface area is 539 Å². The number of aromatic nitrogens is 11. The smallest absolute Gasteiger partial charge is 0.338 e. The molecule has 7 aromatic rings. The van der Waals surface area contributed by atoms with Gasteiger partial charge in [-0.25, -0.2) is 45.4 Å². The molecule has 2 aromatic carbocycles. The van der Waals surface area contributed by atoms with Gasteiger partial charge in [-0.05, 0) is 68.5 Å². The molecule has 5 heterocycles. The molecule has 7 rings (SSSR count). The largest absolute Gasteiger partial charge is 0.463 e. The van der Waals surface area contributed by atoms with Gasteiger partial charge in [0.25, 0.3) is 11.9 Å². The van der Waals surface area contributed by atoms with Crippen molar-refractivity contribution >= 4 is 78.2 Å². The molecule has 0 aliphatic heterocycles. The van der Waals surface area contributed by atoms with Gasteiger partial charge in [-0.3, -0.25) is 0 Å². The normalized spacial score (nSPS) is 12.3. The van der Waals surface area contributed by atoms with Crippen LogP contribution in [0.25, 0.3) is 23.3 Å². The molecule has 0 saturated carbocycles. The molecule has 4 N–H and O–H groups in total. The molecule has 0 aliphatic rings. The number of azo groups is 2. The van der Waals surface area contributed by atoms with Crippen LogP contribution in [0.5, 0.6) is 6.01 Å². The van der Waals surface area contributed by atoms with Crippen LogP contribution in [0.15, 0.2) is 79.0 Å². The zero-order valence-electron chi connectivity index (χ0n) is 54.7. The minimum Gasteiger partial charge on any atom is -0.463 e. The second kappa shape index (κ2) is 30.4. The number of nitrogens with zero attached hydrogens (tertiary/aromatic N) is 15. The molecule has 93 heavy (non-hydrogen) atoms. The summed E-state index contributed by atoms with van der Waals surface area (Å²) in [5.41, 5.74) is 12.5. The van der Waals surface area contributed by atoms with Gasteiger partial charge in [-0.2, -0.15) is 44.7 Å². The number of hydrogen-bond donors (Lipinski definition) is 2. The fourth-order valence-corrected chi connectivity index (χ4v) is 10.1. The first-order valence-corrected chi connectivity index (χ1v) is 34.3. The van der Waals surface area contributed by atoms with Gasteiger partial charge in [-0.1, -0.05) is 108 Å². The van der Waals surface area contributed by atoms with Gasteiger partial charge in [0, 0.05) is 23.3 Å². The highest BCUT2D eigenvalue weighted by Crippen LogP contribution is 2.41. The maximum Gasteiger partial charge on any atom is 0.338 e. The number of hydrogen-bond acceptors (Lipinski definition) is 26. The molecule has 0 radical (unpaired) electrons. The van der Waals surface area contributed by atoms with Gasteiger partial charge in [-0.15, -0.1) is 20.5 Å². The number of anilines is 2. The maximum absolute atomic E-state index is 13.5. The summed E-state index contributed by atoms with van der Waals surface area (Å²) < 4.78 is 86.5. The van der Waals surface area contributed by atoms with Crippen LogP contribution in [0, 0.1) is 0 Å². The van der Waals surface area contributed by atoms with E-state index in [4.69, 9.17) is 50.3 Å². The van der Waals surface area contributed by atoms with Gasteiger partial charge in [0.15, 0.2) is 54.3 Å². The molecular weight excluding hydrogens is 1240 g/mol. The number of carbonyl (C=O) groups is 4. The lowest BCUT2D eigenvalue weighted by molar-refractivity contribution is 0.0479. The van der Waals surface area contributed by atoms with Crippen LogP contribution in [-0.4, -0.2) is 140 Å². The summed E-state index contributed by atoms with van der Waals surface area (Å²) in [5.74, 6) is -4.52. The first kappa shape index (κ1) is 71.1. The van der Waals surface area contributed by atoms with E-state index < -0.39 is 54.4 Å². The molecule has 500 valence electrons. The van der Waals surface area contributed by atoms with Gasteiger partial charge in [0.1, 0.15) is 9.79 Å². The third-order valence-electron chi connectivity index (χ3n) is 13.8. The highest BCUT2D eigenvalue weighted by atomic mass is 32.2. The number of ether oxygens (including phenoxy) is 5. The van der Waals surface area contributed by atoms with Crippen molar-refractivity contribution < 1.29 is 59.7 Å². The number of esters is 4. The average molecular weight is 1320 g/mol. The number of rotatable bonds is 30. The van der Waals surface area contributed by atoms with Crippen LogP contribution in [0.3, 0.4) is 0 Å². The minimum atomic E-state index is -4.11. The van der Waals surface area contributed by atoms with E-state index in [0.717, 1.165) is 75.7 Å². The summed E-state index contributed by atoms with van der Waals surface area (Å²) >= 11 is 0. The van der Waals surface area contributed by atoms with Crippen molar-refractivity contribution in [2.75, 3.05) is 57.0 Å². The van der Waals surface area contributed by atoms with E-state index in [2.05, 4.69) is 40.6 Å². The molecule has 0 fully saturated rings. The predicted molar refractivity (Wildman–Crippen MR) is 343 cm³/mol. The Morgan fingerprint density at radius 1 is 0.462 bits per heavy atom. The second-order valence-electron chi connectivity index (χ2n) is 23.8. The van der Waals surface area contributed by atoms with Gasteiger partial charge in [0.2, 0.25) is 0 Å². The summed E-state index contributed by atoms with van der Waals surface area (Å²) in [6, 6.07) is 7.92. The lowest BCUT2D eigenvalue weighted by atomic mass is 9.91. The number of nitrogens with two attached hydrogens (primary N) is 2. The topological polar surface area (TPSA) is 394 Å². The van der Waals surface area contributed by atoms with Crippen LogP contribution in [0.1, 0.15) is 193 Å². The Morgan fingerprint density at radius 3 is 1.06 bits per heavy atom. The van der Waals surface area contributed by atoms with Crippen molar-refractivity contribution in [3.63, 3.8) is 0 Å². The highest BCUT2D eigenvalue weighted by molar-refractivity contribution is 7.91. The molecule has 0 saturated heterocycles. The van der Waals surface area contributed by atoms with E-state index in [1.165, 1.54) is 36.4 Å². The van der Waals surface area contributed by atoms with Crippen molar-refractivity contribution in [3.05, 3.63) is 82.4 Å². The minimum absolute atomic E-state index is 0.0415. The van der Waals surface area contributed by atoms with Gasteiger partial charge < -0.3 is 35.2 Å². The van der Waals surface area contributed by atoms with E-state index >= 15 is 0 Å². The fraction of sp³-hybridized carbons (Fsp3) is 0.492. The number of sulfone groups is 2. The van der Waals surface area contributed by atoms with Crippen LogP contribution >= 0.6 is 0 Å². The average Bonchev–Trinajstić information content (AvgIpc) is 1.65. The summed E-state index contributed by atoms with van der Waals surface area (Å²) in [6.07, 6.45) is 10.7. The zero-order chi connectivity index (χ0) is 68.2. The van der Waals surface area contributed by atoms with E-state index in [-0.39, 0.29) is 140 Å². The second-order valence-corrected chi connectivity index (χ2v) is 27.8. The monoisotopic (exact) mass is 1320 g/mol. The van der Waals surface area contributed by atoms with Gasteiger partial charge in [0.05, 0.1) is 90.4 Å². The molecule has 0 amide bonds. The molecule has 5 aromatic heterocycles. The Kier molecular flexibility index (Phi) is 23.2. The Hall–Kier alpha value is -9.33. The third-order valence-corrected chi connectivity index (χ3v) is 16.0. The number of unbranched alkanes of at least 4 members (excludes halogenated alkanes) is 5. The summed E-state index contributed by atoms with van der Waals surface area (Å²) in [6.45, 7) is 21.2. The maximum atomic E-state index is 13.5. The van der Waals surface area contributed by atoms with E-state index in [0.29, 0.717) is 32.1 Å². The SMILES string of the molecule is CCCCOC(=O)c1cc(C(=O)OCCCC)cc(-n2ncc(S(C)(=O)=O)c2N=Nc2c(C(C)(C)C)nn(-c3nc(OCCCC)nc(-n4nc(C(C)(C)C)c(N=Nc5c(S(C)(=O)=O)cnn5-c5cc(C(=O)OCCCC)cc(C(=O)OCCCC)c5)c4N)n3)c2N)c1. The quantitative estimate of drug-likeness (QED) is 0.0183. The number of benzene rings is 2. The Bertz CT molecular complexity index is 3840. The molecule has 0 atom stereocenters. The molecule has 0 unspecified atom stereocenters. The lowest BCUT2D eigenvalue weighted by Gasteiger charge is -2.15. The number of carbonyl (C=O) groups excluding carboxylic acids is 4. The van der Waals surface area contributed by atoms with Gasteiger partial charge >= 0.3 is 29.9 Å². The lowest BCUT2D eigenvalue weighted by Crippen LogP contribution is -2.17. The van der Waals surface area contributed by atoms with E-state index in [1.54, 1.807) is 0 Å². The molecule has 32 heteroatoms. The van der Waals surface area contributed by atoms with Crippen LogP contribution in [-0.2, 0) is 49.5 Å². The van der Waals surface area contributed by atoms with E-state index in [1.807, 2.05) is 76.2 Å². The number of nitrogen functional groups attached to an aromatic ring is 2. The highest BCUT2D eigenvalue weighted by Gasteiger charge is 2.33. The Morgan fingerprint density at radius 2 is 0.774 bits per heavy atom. The van der Waals surface area contributed by atoms with Crippen molar-refractivity contribution in [1.82, 2.24) is 54.1 Å². The predicted octanol–water partition coefficient (Wildman–Crippen LogP) is 11.0. The molecular formula is C61H81N17O13S2. The Balaban J connectivity index is 1.38. The summed E-state index contributed by atoms with van der Waals surface area (Å²) in [5, 5.41) is 36.5. The summed E-state index contributed by atoms with van der Waals surface area (Å²) in [4.78, 5) is 67.0. The first-order chi connectivity index (χ1) is 43.9. The fourth-order valence-electron chi connectivity index (χ4n) is 8.70. The van der Waals surface area contributed by atoms with Crippen LogP contribution in [0.2, 0.25) is 0 Å². The first-order valence-electron chi connectivity index (χ1n) is 30.5. The molecule has 0 bridgehead atoms. The summed E-state index contributed by atoms with van der Waals surface area (Å²) in [7, 11) is -8.21. The van der Waals surface area contributed by atoms with Crippen LogP contribution < -0.4 is 16.2 Å². The van der Waals surface area contributed by atoms with Crippen molar-refractivity contribution in [2.24, 2.45) is 20.5 Å². The van der Waals surface area contributed by atoms with E-state index in [9.17, 15) is 36.0 Å².